The van der Waals surface area contributed by atoms with Gasteiger partial charge in [0.1, 0.15) is 6.26 Å². The lowest BCUT2D eigenvalue weighted by Crippen LogP contribution is -1.61. The molecule has 3 aromatic rings. The Labute approximate surface area is 95.4 Å². The van der Waals surface area contributed by atoms with Crippen LogP contribution in [-0.4, -0.2) is 9.97 Å². The zero-order valence-electron chi connectivity index (χ0n) is 7.71. The van der Waals surface area contributed by atoms with Crippen LogP contribution < -0.4 is 0 Å². The summed E-state index contributed by atoms with van der Waals surface area (Å²) in [6.07, 6.45) is 3.14. The van der Waals surface area contributed by atoms with Crippen LogP contribution in [0.4, 0.5) is 0 Å². The Hall–Kier alpha value is -1.46. The van der Waals surface area contributed by atoms with E-state index >= 15 is 0 Å². The number of oxazole rings is 1. The summed E-state index contributed by atoms with van der Waals surface area (Å²) in [6, 6.07) is 8.13. The molecule has 2 heterocycles. The first-order valence-electron chi connectivity index (χ1n) is 4.26. The number of aromatic nitrogens is 2. The lowest BCUT2D eigenvalue weighted by atomic mass is 10.3. The van der Waals surface area contributed by atoms with E-state index in [9.17, 15) is 0 Å². The summed E-state index contributed by atoms with van der Waals surface area (Å²) in [5, 5.41) is 0. The summed E-state index contributed by atoms with van der Waals surface area (Å²) in [4.78, 5) is 7.21. The van der Waals surface area contributed by atoms with Crippen molar-refractivity contribution in [3.8, 4) is 0 Å². The van der Waals surface area contributed by atoms with Gasteiger partial charge in [-0.05, 0) is 24.4 Å². The van der Waals surface area contributed by atoms with Crippen molar-refractivity contribution >= 4 is 33.8 Å². The number of para-hydroxylation sites is 1. The third-order valence-electron chi connectivity index (χ3n) is 1.68. The predicted octanol–water partition coefficient (Wildman–Crippen LogP) is 3.63. The summed E-state index contributed by atoms with van der Waals surface area (Å²) in [5.74, 6) is 0. The fraction of sp³-hybridized carbons (Fsp3) is 0. The maximum atomic E-state index is 4.59. The molecule has 0 saturated carbocycles. The van der Waals surface area contributed by atoms with E-state index in [2.05, 4.69) is 32.7 Å². The van der Waals surface area contributed by atoms with Crippen LogP contribution in [0.1, 0.15) is 0 Å². The van der Waals surface area contributed by atoms with Crippen LogP contribution in [0.15, 0.2) is 46.7 Å². The Morgan fingerprint density at radius 2 is 2.20 bits per heavy atom. The van der Waals surface area contributed by atoms with Gasteiger partial charge in [0.15, 0.2) is 0 Å². The van der Waals surface area contributed by atoms with Crippen molar-refractivity contribution in [1.82, 2.24) is 9.97 Å². The fourth-order valence-corrected chi connectivity index (χ4v) is 1.84. The second-order valence-electron chi connectivity index (χ2n) is 2.67. The molecule has 0 amide bonds. The van der Waals surface area contributed by atoms with E-state index in [1.807, 2.05) is 23.7 Å². The Morgan fingerprint density at radius 3 is 2.80 bits per heavy atom. The van der Waals surface area contributed by atoms with Crippen LogP contribution >= 0.6 is 23.6 Å². The zero-order valence-corrected chi connectivity index (χ0v) is 9.35. The summed E-state index contributed by atoms with van der Waals surface area (Å²) in [7, 11) is 0. The quantitative estimate of drug-likeness (QED) is 0.606. The van der Waals surface area contributed by atoms with Gasteiger partial charge < -0.3 is 9.40 Å². The number of benzene rings is 1. The minimum absolute atomic E-state index is 0.426. The average Bonchev–Trinajstić information content (AvgIpc) is 2.88. The Morgan fingerprint density at radius 1 is 1.33 bits per heavy atom. The highest BCUT2D eigenvalue weighted by Gasteiger charge is 1.89. The smallest absolute Gasteiger partial charge is 0.265 e. The van der Waals surface area contributed by atoms with Crippen LogP contribution in [0.25, 0.3) is 10.2 Å². The lowest BCUT2D eigenvalue weighted by molar-refractivity contribution is 0.540. The number of nitrogens with zero attached hydrogens (tertiary/aromatic N) is 1. The fourth-order valence-electron chi connectivity index (χ4n) is 1.04. The second kappa shape index (κ2) is 4.86. The Bertz CT molecular complexity index is 535. The number of thiazole rings is 1. The first-order valence-corrected chi connectivity index (χ1v) is 5.55. The molecular formula is C10H8N2OS2. The Kier molecular flexibility index (Phi) is 3.26. The molecule has 3 rings (SSSR count). The van der Waals surface area contributed by atoms with E-state index in [1.54, 1.807) is 17.5 Å². The van der Waals surface area contributed by atoms with Crippen molar-refractivity contribution in [3.05, 3.63) is 47.1 Å². The van der Waals surface area contributed by atoms with Crippen LogP contribution in [0.5, 0.6) is 0 Å². The molecule has 0 saturated heterocycles. The van der Waals surface area contributed by atoms with Crippen molar-refractivity contribution in [2.24, 2.45) is 0 Å². The van der Waals surface area contributed by atoms with E-state index in [4.69, 9.17) is 0 Å². The SMILES string of the molecule is S=c1[nH]cco1.c1ccc2scnc2c1. The minimum Gasteiger partial charge on any atom is -0.438 e. The normalized spacial score (nSPS) is 9.60. The number of rotatable bonds is 0. The van der Waals surface area contributed by atoms with Crippen molar-refractivity contribution in [2.45, 2.75) is 0 Å². The van der Waals surface area contributed by atoms with Gasteiger partial charge in [-0.15, -0.1) is 11.3 Å². The van der Waals surface area contributed by atoms with Crippen LogP contribution in [0.2, 0.25) is 0 Å². The van der Waals surface area contributed by atoms with Crippen LogP contribution in [0.3, 0.4) is 0 Å². The molecule has 0 bridgehead atoms. The van der Waals surface area contributed by atoms with Gasteiger partial charge in [-0.2, -0.15) is 0 Å². The molecule has 2 aromatic heterocycles. The monoisotopic (exact) mass is 236 g/mol. The number of hydrogen-bond donors (Lipinski definition) is 1. The van der Waals surface area contributed by atoms with Crippen LogP contribution in [-0.2, 0) is 0 Å². The van der Waals surface area contributed by atoms with Gasteiger partial charge in [0, 0.05) is 6.20 Å². The topological polar surface area (TPSA) is 41.8 Å². The van der Waals surface area contributed by atoms with Gasteiger partial charge in [0.05, 0.1) is 15.7 Å². The largest absolute Gasteiger partial charge is 0.438 e. The molecule has 5 heteroatoms. The van der Waals surface area contributed by atoms with Gasteiger partial charge >= 0.3 is 0 Å². The van der Waals surface area contributed by atoms with Gasteiger partial charge in [-0.25, -0.2) is 4.98 Å². The third kappa shape index (κ3) is 2.74. The van der Waals surface area contributed by atoms with Gasteiger partial charge in [0.2, 0.25) is 0 Å². The first-order chi connectivity index (χ1) is 7.36. The maximum absolute atomic E-state index is 4.59. The lowest BCUT2D eigenvalue weighted by Gasteiger charge is -1.80. The van der Waals surface area contributed by atoms with Gasteiger partial charge in [0.25, 0.3) is 4.84 Å². The summed E-state index contributed by atoms with van der Waals surface area (Å²) in [5.41, 5.74) is 2.97. The summed E-state index contributed by atoms with van der Waals surface area (Å²) >= 11 is 6.20. The van der Waals surface area contributed by atoms with Crippen LogP contribution in [0, 0.1) is 4.84 Å². The molecule has 1 aromatic carbocycles. The molecule has 0 aliphatic rings. The maximum Gasteiger partial charge on any atom is 0.265 e. The third-order valence-corrected chi connectivity index (χ3v) is 2.71. The highest BCUT2D eigenvalue weighted by atomic mass is 32.1. The number of fused-ring (bicyclic) bond motifs is 1. The molecule has 0 atom stereocenters. The standard InChI is InChI=1S/C7H5NS.C3H3NOS/c1-2-4-7-6(3-1)8-5-9-7;6-3-4-1-2-5-3/h1-5H;1-2H,(H,4,6). The number of nitrogens with one attached hydrogen (secondary N) is 1. The summed E-state index contributed by atoms with van der Waals surface area (Å²) in [6.45, 7) is 0. The molecule has 0 radical (unpaired) electrons. The molecule has 1 N–H and O–H groups in total. The number of aromatic amines is 1. The van der Waals surface area contributed by atoms with E-state index in [1.165, 1.54) is 11.0 Å². The molecule has 0 unspecified atom stereocenters. The molecule has 0 aliphatic carbocycles. The van der Waals surface area contributed by atoms with E-state index in [0.29, 0.717) is 4.84 Å². The molecule has 0 aliphatic heterocycles. The molecular weight excluding hydrogens is 228 g/mol. The van der Waals surface area contributed by atoms with E-state index in [0.717, 1.165) is 5.52 Å². The molecule has 0 fully saturated rings. The van der Waals surface area contributed by atoms with Crippen molar-refractivity contribution in [3.63, 3.8) is 0 Å². The molecule has 0 spiro atoms. The number of H-pyrrole nitrogens is 1. The molecule has 15 heavy (non-hydrogen) atoms. The van der Waals surface area contributed by atoms with Gasteiger partial charge in [-0.1, -0.05) is 12.1 Å². The van der Waals surface area contributed by atoms with Gasteiger partial charge in [-0.3, -0.25) is 0 Å². The molecule has 3 nitrogen and oxygen atoms in total. The minimum atomic E-state index is 0.426. The number of hydrogen-bond acceptors (Lipinski definition) is 4. The first kappa shape index (κ1) is 10.1. The van der Waals surface area contributed by atoms with Crippen molar-refractivity contribution in [1.29, 1.82) is 0 Å². The molecule has 76 valence electrons. The second-order valence-corrected chi connectivity index (χ2v) is 3.93. The predicted molar refractivity (Wildman–Crippen MR) is 63.5 cm³/mol. The average molecular weight is 236 g/mol. The highest BCUT2D eigenvalue weighted by Crippen LogP contribution is 2.15. The van der Waals surface area contributed by atoms with Crippen molar-refractivity contribution < 1.29 is 4.42 Å². The van der Waals surface area contributed by atoms with E-state index < -0.39 is 0 Å². The zero-order chi connectivity index (χ0) is 10.5. The highest BCUT2D eigenvalue weighted by molar-refractivity contribution is 7.71. The summed E-state index contributed by atoms with van der Waals surface area (Å²) < 4.78 is 5.85. The van der Waals surface area contributed by atoms with E-state index in [-0.39, 0.29) is 0 Å². The van der Waals surface area contributed by atoms with Crippen molar-refractivity contribution in [2.75, 3.05) is 0 Å². The Balaban J connectivity index is 0.000000124.